The molecular formula is C10H11BrOS3. The Balaban J connectivity index is 1.94. The molecule has 1 aliphatic heterocycles. The average Bonchev–Trinajstić information content (AvgIpc) is 2.66. The van der Waals surface area contributed by atoms with Crippen LogP contribution in [0.15, 0.2) is 15.2 Å². The van der Waals surface area contributed by atoms with Crippen LogP contribution in [0.3, 0.4) is 0 Å². The maximum atomic E-state index is 12.0. The number of Topliss-reactive ketones (excluding diaryl/α,β-unsaturated/α-hetero) is 1. The molecule has 0 spiro atoms. The SMILES string of the molecule is O=C(Cc1ccsc1Br)C1CSCCS1. The van der Waals surface area contributed by atoms with Crippen LogP contribution in [-0.4, -0.2) is 28.3 Å². The average molecular weight is 323 g/mol. The van der Waals surface area contributed by atoms with Crippen molar-refractivity contribution in [2.75, 3.05) is 17.3 Å². The molecular weight excluding hydrogens is 312 g/mol. The fraction of sp³-hybridized carbons (Fsp3) is 0.500. The standard InChI is InChI=1S/C10H11BrOS3/c11-10-7(1-2-15-10)5-8(12)9-6-13-3-4-14-9/h1-2,9H,3-6H2. The number of hydrogen-bond donors (Lipinski definition) is 0. The van der Waals surface area contributed by atoms with E-state index in [-0.39, 0.29) is 5.25 Å². The van der Waals surface area contributed by atoms with Crippen LogP contribution in [0.2, 0.25) is 0 Å². The van der Waals surface area contributed by atoms with Gasteiger partial charge in [-0.1, -0.05) is 0 Å². The second kappa shape index (κ2) is 5.75. The van der Waals surface area contributed by atoms with E-state index in [1.807, 2.05) is 35.0 Å². The molecule has 0 bridgehead atoms. The molecule has 1 aliphatic rings. The predicted octanol–water partition coefficient (Wildman–Crippen LogP) is 3.47. The van der Waals surface area contributed by atoms with Crippen molar-refractivity contribution in [1.82, 2.24) is 0 Å². The van der Waals surface area contributed by atoms with E-state index in [9.17, 15) is 4.79 Å². The summed E-state index contributed by atoms with van der Waals surface area (Å²) in [6.07, 6.45) is 0.586. The number of carbonyl (C=O) groups excluding carboxylic acids is 1. The van der Waals surface area contributed by atoms with Gasteiger partial charge in [-0.3, -0.25) is 4.79 Å². The summed E-state index contributed by atoms with van der Waals surface area (Å²) in [7, 11) is 0. The Hall–Kier alpha value is 0.550. The summed E-state index contributed by atoms with van der Waals surface area (Å²) in [5.41, 5.74) is 1.14. The van der Waals surface area contributed by atoms with Crippen LogP contribution < -0.4 is 0 Å². The van der Waals surface area contributed by atoms with E-state index in [4.69, 9.17) is 0 Å². The molecule has 82 valence electrons. The molecule has 1 saturated heterocycles. The van der Waals surface area contributed by atoms with Crippen molar-refractivity contribution < 1.29 is 4.79 Å². The number of ketones is 1. The first kappa shape index (κ1) is 12.0. The van der Waals surface area contributed by atoms with Gasteiger partial charge in [0.25, 0.3) is 0 Å². The lowest BCUT2D eigenvalue weighted by atomic mass is 10.1. The normalized spacial score (nSPS) is 21.5. The van der Waals surface area contributed by atoms with Crippen molar-refractivity contribution >= 4 is 56.6 Å². The highest BCUT2D eigenvalue weighted by molar-refractivity contribution is 9.11. The maximum Gasteiger partial charge on any atom is 0.151 e. The van der Waals surface area contributed by atoms with E-state index in [1.54, 1.807) is 11.3 Å². The monoisotopic (exact) mass is 322 g/mol. The number of thiophene rings is 1. The van der Waals surface area contributed by atoms with Gasteiger partial charge < -0.3 is 0 Å². The minimum atomic E-state index is 0.218. The zero-order valence-corrected chi connectivity index (χ0v) is 12.1. The Kier molecular flexibility index (Phi) is 4.61. The van der Waals surface area contributed by atoms with Crippen LogP contribution in [0.1, 0.15) is 5.56 Å². The zero-order chi connectivity index (χ0) is 10.7. The van der Waals surface area contributed by atoms with Crippen LogP contribution in [-0.2, 0) is 11.2 Å². The summed E-state index contributed by atoms with van der Waals surface area (Å²) in [5, 5.41) is 2.24. The molecule has 0 saturated carbocycles. The molecule has 1 aromatic rings. The number of thioether (sulfide) groups is 2. The van der Waals surface area contributed by atoms with Crippen LogP contribution >= 0.6 is 50.8 Å². The fourth-order valence-electron chi connectivity index (χ4n) is 1.42. The van der Waals surface area contributed by atoms with Crippen molar-refractivity contribution in [3.63, 3.8) is 0 Å². The summed E-state index contributed by atoms with van der Waals surface area (Å²) in [6, 6.07) is 2.04. The first-order chi connectivity index (χ1) is 7.27. The highest BCUT2D eigenvalue weighted by Crippen LogP contribution is 2.28. The summed E-state index contributed by atoms with van der Waals surface area (Å²) in [6.45, 7) is 0. The van der Waals surface area contributed by atoms with Gasteiger partial charge >= 0.3 is 0 Å². The number of hydrogen-bond acceptors (Lipinski definition) is 4. The molecule has 15 heavy (non-hydrogen) atoms. The molecule has 0 N–H and O–H groups in total. The highest BCUT2D eigenvalue weighted by Gasteiger charge is 2.22. The Morgan fingerprint density at radius 2 is 2.40 bits per heavy atom. The van der Waals surface area contributed by atoms with Crippen LogP contribution in [0.5, 0.6) is 0 Å². The van der Waals surface area contributed by atoms with Crippen molar-refractivity contribution in [3.05, 3.63) is 20.8 Å². The first-order valence-corrected chi connectivity index (χ1v) is 8.59. The third-order valence-electron chi connectivity index (χ3n) is 2.23. The van der Waals surface area contributed by atoms with Crippen molar-refractivity contribution in [2.45, 2.75) is 11.7 Å². The molecule has 1 atom stereocenters. The van der Waals surface area contributed by atoms with Gasteiger partial charge in [0, 0.05) is 23.7 Å². The number of halogens is 1. The Labute approximate surface area is 111 Å². The Bertz CT molecular complexity index is 344. The molecule has 1 aromatic heterocycles. The maximum absolute atomic E-state index is 12.0. The van der Waals surface area contributed by atoms with Gasteiger partial charge in [0.05, 0.1) is 9.04 Å². The van der Waals surface area contributed by atoms with Gasteiger partial charge in [0.2, 0.25) is 0 Å². The minimum Gasteiger partial charge on any atom is -0.298 e. The lowest BCUT2D eigenvalue weighted by Crippen LogP contribution is -2.25. The first-order valence-electron chi connectivity index (χ1n) is 4.71. The molecule has 1 fully saturated rings. The van der Waals surface area contributed by atoms with E-state index in [0.29, 0.717) is 12.2 Å². The predicted molar refractivity (Wildman–Crippen MR) is 74.3 cm³/mol. The minimum absolute atomic E-state index is 0.218. The van der Waals surface area contributed by atoms with Crippen LogP contribution in [0.25, 0.3) is 0 Å². The van der Waals surface area contributed by atoms with E-state index in [0.717, 1.165) is 20.9 Å². The highest BCUT2D eigenvalue weighted by atomic mass is 79.9. The Morgan fingerprint density at radius 3 is 3.00 bits per heavy atom. The summed E-state index contributed by atoms with van der Waals surface area (Å²) in [5.74, 6) is 3.68. The van der Waals surface area contributed by atoms with Gasteiger partial charge in [-0.2, -0.15) is 11.8 Å². The lowest BCUT2D eigenvalue weighted by Gasteiger charge is -2.19. The summed E-state index contributed by atoms with van der Waals surface area (Å²) < 4.78 is 1.10. The topological polar surface area (TPSA) is 17.1 Å². The van der Waals surface area contributed by atoms with Crippen LogP contribution in [0.4, 0.5) is 0 Å². The molecule has 0 aromatic carbocycles. The van der Waals surface area contributed by atoms with Gasteiger partial charge in [-0.15, -0.1) is 23.1 Å². The van der Waals surface area contributed by atoms with Crippen molar-refractivity contribution in [3.8, 4) is 0 Å². The van der Waals surface area contributed by atoms with E-state index in [1.165, 1.54) is 5.75 Å². The fourth-order valence-corrected chi connectivity index (χ4v) is 5.31. The Morgan fingerprint density at radius 1 is 1.53 bits per heavy atom. The van der Waals surface area contributed by atoms with Gasteiger partial charge in [-0.25, -0.2) is 0 Å². The molecule has 2 rings (SSSR count). The lowest BCUT2D eigenvalue weighted by molar-refractivity contribution is -0.117. The molecule has 2 heterocycles. The van der Waals surface area contributed by atoms with E-state index < -0.39 is 0 Å². The van der Waals surface area contributed by atoms with Crippen molar-refractivity contribution in [1.29, 1.82) is 0 Å². The zero-order valence-electron chi connectivity index (χ0n) is 8.07. The van der Waals surface area contributed by atoms with Gasteiger partial charge in [0.15, 0.2) is 5.78 Å². The molecule has 0 aliphatic carbocycles. The second-order valence-electron chi connectivity index (χ2n) is 3.30. The number of carbonyl (C=O) groups is 1. The van der Waals surface area contributed by atoms with E-state index >= 15 is 0 Å². The molecule has 1 unspecified atom stereocenters. The third kappa shape index (κ3) is 3.25. The molecule has 5 heteroatoms. The van der Waals surface area contributed by atoms with E-state index in [2.05, 4.69) is 15.9 Å². The molecule has 1 nitrogen and oxygen atoms in total. The molecule has 0 radical (unpaired) electrons. The van der Waals surface area contributed by atoms with Gasteiger partial charge in [-0.05, 0) is 32.9 Å². The van der Waals surface area contributed by atoms with Crippen molar-refractivity contribution in [2.24, 2.45) is 0 Å². The number of rotatable bonds is 3. The third-order valence-corrected chi connectivity index (χ3v) is 6.85. The summed E-state index contributed by atoms with van der Waals surface area (Å²) >= 11 is 8.83. The summed E-state index contributed by atoms with van der Waals surface area (Å²) in [4.78, 5) is 12.0. The largest absolute Gasteiger partial charge is 0.298 e. The quantitative estimate of drug-likeness (QED) is 0.848. The smallest absolute Gasteiger partial charge is 0.151 e. The van der Waals surface area contributed by atoms with Crippen LogP contribution in [0, 0.1) is 0 Å². The second-order valence-corrected chi connectivity index (χ2v) is 7.99. The van der Waals surface area contributed by atoms with Gasteiger partial charge in [0.1, 0.15) is 0 Å². The molecule has 0 amide bonds.